The Morgan fingerprint density at radius 1 is 0.900 bits per heavy atom. The minimum atomic E-state index is -0.400. The van der Waals surface area contributed by atoms with Crippen molar-refractivity contribution in [2.75, 3.05) is 0 Å². The number of nitrogens with zero attached hydrogens (tertiary/aromatic N) is 6. The molecule has 0 N–H and O–H groups in total. The van der Waals surface area contributed by atoms with Gasteiger partial charge in [0.1, 0.15) is 0 Å². The molecule has 3 aromatic heterocycles. The molecule has 8 nitrogen and oxygen atoms in total. The van der Waals surface area contributed by atoms with E-state index in [4.69, 9.17) is 0 Å². The Morgan fingerprint density at radius 2 is 1.60 bits per heavy atom. The molecular formula is C21H17BrN6O2. The molecule has 0 spiro atoms. The Labute approximate surface area is 178 Å². The van der Waals surface area contributed by atoms with Crippen molar-refractivity contribution in [1.82, 2.24) is 28.3 Å². The Kier molecular flexibility index (Phi) is 4.21. The van der Waals surface area contributed by atoms with Crippen LogP contribution in [0.25, 0.3) is 28.3 Å². The zero-order chi connectivity index (χ0) is 21.0. The average molecular weight is 465 g/mol. The van der Waals surface area contributed by atoms with Gasteiger partial charge in [-0.3, -0.25) is 18.5 Å². The van der Waals surface area contributed by atoms with Crippen LogP contribution in [0.4, 0.5) is 0 Å². The lowest BCUT2D eigenvalue weighted by molar-refractivity contribution is 0.700. The number of halogens is 1. The van der Waals surface area contributed by atoms with Crippen LogP contribution in [0, 0.1) is 0 Å². The number of hydrogen-bond donors (Lipinski definition) is 0. The molecule has 0 bridgehead atoms. The second-order valence-corrected chi connectivity index (χ2v) is 8.03. The Hall–Kier alpha value is -3.46. The lowest BCUT2D eigenvalue weighted by atomic mass is 10.2. The summed E-state index contributed by atoms with van der Waals surface area (Å²) in [7, 11) is 3.14. The Balaban J connectivity index is 1.91. The number of aryl methyl sites for hydroxylation is 1. The molecule has 30 heavy (non-hydrogen) atoms. The van der Waals surface area contributed by atoms with E-state index in [1.807, 2.05) is 59.2 Å². The number of imidazole rings is 1. The predicted octanol–water partition coefficient (Wildman–Crippen LogP) is 2.56. The molecule has 0 aliphatic heterocycles. The smallest absolute Gasteiger partial charge is 0.298 e. The summed E-state index contributed by atoms with van der Waals surface area (Å²) in [6.07, 6.45) is 0. The predicted molar refractivity (Wildman–Crippen MR) is 118 cm³/mol. The van der Waals surface area contributed by atoms with Gasteiger partial charge >= 0.3 is 5.69 Å². The van der Waals surface area contributed by atoms with Gasteiger partial charge in [0.05, 0.1) is 6.54 Å². The van der Waals surface area contributed by atoms with Gasteiger partial charge in [0.2, 0.25) is 5.78 Å². The fourth-order valence-corrected chi connectivity index (χ4v) is 4.01. The fourth-order valence-electron chi connectivity index (χ4n) is 3.75. The molecule has 5 aromatic rings. The van der Waals surface area contributed by atoms with E-state index < -0.39 is 5.69 Å². The molecule has 5 rings (SSSR count). The quantitative estimate of drug-likeness (QED) is 0.411. The van der Waals surface area contributed by atoms with Crippen molar-refractivity contribution in [3.63, 3.8) is 0 Å². The van der Waals surface area contributed by atoms with E-state index in [0.29, 0.717) is 29.3 Å². The van der Waals surface area contributed by atoms with Crippen LogP contribution < -0.4 is 11.2 Å². The van der Waals surface area contributed by atoms with Crippen molar-refractivity contribution in [3.05, 3.63) is 85.5 Å². The van der Waals surface area contributed by atoms with E-state index in [2.05, 4.69) is 26.1 Å². The zero-order valence-corrected chi connectivity index (χ0v) is 17.9. The third-order valence-corrected chi connectivity index (χ3v) is 5.79. The number of hydrogen-bond acceptors (Lipinski definition) is 4. The molecule has 0 unspecified atom stereocenters. The van der Waals surface area contributed by atoms with Crippen molar-refractivity contribution in [2.24, 2.45) is 14.1 Å². The molecule has 0 fully saturated rings. The minimum Gasteiger partial charge on any atom is -0.298 e. The van der Waals surface area contributed by atoms with Crippen LogP contribution >= 0.6 is 15.9 Å². The molecule has 0 amide bonds. The van der Waals surface area contributed by atoms with Gasteiger partial charge in [-0.1, -0.05) is 58.4 Å². The van der Waals surface area contributed by atoms with E-state index in [-0.39, 0.29) is 5.56 Å². The van der Waals surface area contributed by atoms with Gasteiger partial charge in [-0.05, 0) is 17.7 Å². The maximum Gasteiger partial charge on any atom is 0.332 e. The van der Waals surface area contributed by atoms with E-state index in [9.17, 15) is 9.59 Å². The summed E-state index contributed by atoms with van der Waals surface area (Å²) in [4.78, 5) is 25.8. The van der Waals surface area contributed by atoms with Crippen LogP contribution in [0.1, 0.15) is 5.56 Å². The standard InChI is InChI=1S/C21H17BrN6O2/c1-25-18-16(19(29)26(2)21(25)30)27(12-13-8-10-15(22)11-9-13)20-24-23-17(28(18)20)14-6-4-3-5-7-14/h3-11H,12H2,1-2H3. The largest absolute Gasteiger partial charge is 0.332 e. The number of aromatic nitrogens is 6. The zero-order valence-electron chi connectivity index (χ0n) is 16.3. The second-order valence-electron chi connectivity index (χ2n) is 7.12. The first-order chi connectivity index (χ1) is 14.5. The molecule has 3 heterocycles. The van der Waals surface area contributed by atoms with Gasteiger partial charge < -0.3 is 0 Å². The summed E-state index contributed by atoms with van der Waals surface area (Å²) in [6, 6.07) is 17.5. The van der Waals surface area contributed by atoms with Gasteiger partial charge in [0.25, 0.3) is 5.56 Å². The van der Waals surface area contributed by atoms with Crippen LogP contribution in [0.15, 0.2) is 68.7 Å². The monoisotopic (exact) mass is 464 g/mol. The summed E-state index contributed by atoms with van der Waals surface area (Å²) in [5.41, 5.74) is 1.96. The normalized spacial score (nSPS) is 11.6. The summed E-state index contributed by atoms with van der Waals surface area (Å²) in [6.45, 7) is 0.417. The molecule has 0 saturated heterocycles. The van der Waals surface area contributed by atoms with Gasteiger partial charge in [-0.15, -0.1) is 10.2 Å². The minimum absolute atomic E-state index is 0.366. The maximum atomic E-state index is 13.1. The van der Waals surface area contributed by atoms with Gasteiger partial charge in [-0.25, -0.2) is 9.20 Å². The first-order valence-electron chi connectivity index (χ1n) is 9.30. The summed E-state index contributed by atoms with van der Waals surface area (Å²) in [5, 5.41) is 8.77. The topological polar surface area (TPSA) is 79.1 Å². The molecule has 0 radical (unpaired) electrons. The van der Waals surface area contributed by atoms with Crippen molar-refractivity contribution in [1.29, 1.82) is 0 Å². The first kappa shape index (κ1) is 18.6. The third-order valence-electron chi connectivity index (χ3n) is 5.27. The maximum absolute atomic E-state index is 13.1. The SMILES string of the molecule is Cn1c(=O)c2c(n(C)c1=O)n1c(-c3ccccc3)nnc1n2Cc1ccc(Br)cc1. The molecule has 9 heteroatoms. The van der Waals surface area contributed by atoms with E-state index in [0.717, 1.165) is 20.2 Å². The van der Waals surface area contributed by atoms with Crippen LogP contribution in [0.5, 0.6) is 0 Å². The molecule has 0 aliphatic carbocycles. The summed E-state index contributed by atoms with van der Waals surface area (Å²) >= 11 is 3.45. The Bertz CT molecular complexity index is 1520. The van der Waals surface area contributed by atoms with Crippen LogP contribution in [-0.2, 0) is 20.6 Å². The Morgan fingerprint density at radius 3 is 2.30 bits per heavy atom. The van der Waals surface area contributed by atoms with Gasteiger partial charge in [-0.2, -0.15) is 0 Å². The van der Waals surface area contributed by atoms with E-state index in [1.165, 1.54) is 11.6 Å². The first-order valence-corrected chi connectivity index (χ1v) is 10.1. The van der Waals surface area contributed by atoms with Crippen LogP contribution in [0.3, 0.4) is 0 Å². The summed E-state index contributed by atoms with van der Waals surface area (Å²) < 4.78 is 7.17. The van der Waals surface area contributed by atoms with Crippen LogP contribution in [-0.4, -0.2) is 28.3 Å². The van der Waals surface area contributed by atoms with Crippen molar-refractivity contribution in [3.8, 4) is 11.4 Å². The highest BCUT2D eigenvalue weighted by Gasteiger charge is 2.24. The molecule has 2 aromatic carbocycles. The molecular weight excluding hydrogens is 448 g/mol. The third kappa shape index (κ3) is 2.66. The van der Waals surface area contributed by atoms with Crippen molar-refractivity contribution < 1.29 is 0 Å². The molecule has 0 saturated carbocycles. The fraction of sp³-hybridized carbons (Fsp3) is 0.143. The molecule has 0 aliphatic rings. The van der Waals surface area contributed by atoms with Crippen LogP contribution in [0.2, 0.25) is 0 Å². The van der Waals surface area contributed by atoms with Gasteiger partial charge in [0, 0.05) is 24.1 Å². The highest BCUT2D eigenvalue weighted by Crippen LogP contribution is 2.25. The highest BCUT2D eigenvalue weighted by atomic mass is 79.9. The van der Waals surface area contributed by atoms with Crippen molar-refractivity contribution >= 4 is 32.9 Å². The average Bonchev–Trinajstić information content (AvgIpc) is 3.32. The van der Waals surface area contributed by atoms with E-state index in [1.54, 1.807) is 11.4 Å². The highest BCUT2D eigenvalue weighted by molar-refractivity contribution is 9.10. The lowest BCUT2D eigenvalue weighted by Crippen LogP contribution is -2.37. The van der Waals surface area contributed by atoms with Crippen molar-refractivity contribution in [2.45, 2.75) is 6.54 Å². The lowest BCUT2D eigenvalue weighted by Gasteiger charge is -2.08. The summed E-state index contributed by atoms with van der Waals surface area (Å²) in [5.74, 6) is 1.08. The van der Waals surface area contributed by atoms with E-state index >= 15 is 0 Å². The molecule has 0 atom stereocenters. The number of benzene rings is 2. The number of rotatable bonds is 3. The second kappa shape index (κ2) is 6.81. The molecule has 150 valence electrons. The van der Waals surface area contributed by atoms with Gasteiger partial charge in [0.15, 0.2) is 17.0 Å². The number of fused-ring (bicyclic) bond motifs is 3.